The predicted octanol–water partition coefficient (Wildman–Crippen LogP) is 1.50. The Morgan fingerprint density at radius 1 is 1.44 bits per heavy atom. The zero-order chi connectivity index (χ0) is 7.11. The van der Waals surface area contributed by atoms with Gasteiger partial charge in [0.25, 0.3) is 0 Å². The van der Waals surface area contributed by atoms with Crippen molar-refractivity contribution < 1.29 is 4.74 Å². The lowest BCUT2D eigenvalue weighted by Gasteiger charge is -2.00. The van der Waals surface area contributed by atoms with E-state index < -0.39 is 0 Å². The third kappa shape index (κ3) is 4.15. The molecule has 2 nitrogen and oxygen atoms in total. The number of hydrogen-bond acceptors (Lipinski definition) is 2. The molecule has 0 N–H and O–H groups in total. The summed E-state index contributed by atoms with van der Waals surface area (Å²) in [5.41, 5.74) is 1.14. The van der Waals surface area contributed by atoms with Crippen LogP contribution in [-0.2, 0) is 4.74 Å². The molecule has 0 aromatic rings. The van der Waals surface area contributed by atoms with Crippen molar-refractivity contribution in [1.82, 2.24) is 0 Å². The van der Waals surface area contributed by atoms with E-state index in [1.165, 1.54) is 0 Å². The molecule has 0 saturated heterocycles. The van der Waals surface area contributed by atoms with E-state index in [0.717, 1.165) is 18.7 Å². The van der Waals surface area contributed by atoms with Gasteiger partial charge in [0.15, 0.2) is 0 Å². The fourth-order valence-electron chi connectivity index (χ4n) is 0.545. The topological polar surface area (TPSA) is 21.6 Å². The van der Waals surface area contributed by atoms with E-state index in [1.807, 2.05) is 6.92 Å². The Kier molecular flexibility index (Phi) is 5.52. The van der Waals surface area contributed by atoms with Gasteiger partial charge in [-0.1, -0.05) is 6.92 Å². The van der Waals surface area contributed by atoms with Crippen LogP contribution in [0.2, 0.25) is 0 Å². The van der Waals surface area contributed by atoms with Gasteiger partial charge >= 0.3 is 0 Å². The van der Waals surface area contributed by atoms with Crippen molar-refractivity contribution in [2.45, 2.75) is 20.3 Å². The highest BCUT2D eigenvalue weighted by molar-refractivity contribution is 5.85. The fourth-order valence-corrected chi connectivity index (χ4v) is 0.545. The molecule has 0 spiro atoms. The first-order chi connectivity index (χ1) is 4.35. The molecule has 54 valence electrons. The van der Waals surface area contributed by atoms with Crippen LogP contribution in [0.3, 0.4) is 0 Å². The summed E-state index contributed by atoms with van der Waals surface area (Å²) in [6.45, 7) is 5.55. The van der Waals surface area contributed by atoms with Gasteiger partial charge < -0.3 is 4.74 Å². The van der Waals surface area contributed by atoms with Gasteiger partial charge in [-0.2, -0.15) is 0 Å². The third-order valence-electron chi connectivity index (χ3n) is 1.20. The van der Waals surface area contributed by atoms with Crippen molar-refractivity contribution in [3.63, 3.8) is 0 Å². The van der Waals surface area contributed by atoms with Gasteiger partial charge in [-0.25, -0.2) is 0 Å². The summed E-state index contributed by atoms with van der Waals surface area (Å²) in [7, 11) is 1.80. The maximum absolute atomic E-state index is 5.15. The zero-order valence-electron chi connectivity index (χ0n) is 6.48. The standard InChI is InChI=1S/C7H15NO/c1-4-7(8-3)6-9-5-2/h4-6H2,1-3H3. The van der Waals surface area contributed by atoms with E-state index in [2.05, 4.69) is 11.9 Å². The van der Waals surface area contributed by atoms with Gasteiger partial charge in [0, 0.05) is 19.4 Å². The average Bonchev–Trinajstić information content (AvgIpc) is 1.91. The van der Waals surface area contributed by atoms with Crippen LogP contribution in [0.15, 0.2) is 4.99 Å². The Bertz CT molecular complexity index is 88.9. The summed E-state index contributed by atoms with van der Waals surface area (Å²) < 4.78 is 5.15. The molecular formula is C7H15NO. The van der Waals surface area contributed by atoms with Crippen molar-refractivity contribution >= 4 is 5.71 Å². The van der Waals surface area contributed by atoms with Crippen molar-refractivity contribution in [1.29, 1.82) is 0 Å². The minimum absolute atomic E-state index is 0.698. The molecule has 0 bridgehead atoms. The molecule has 0 aliphatic heterocycles. The highest BCUT2D eigenvalue weighted by Crippen LogP contribution is 1.85. The number of ether oxygens (including phenoxy) is 1. The first kappa shape index (κ1) is 8.63. The van der Waals surface area contributed by atoms with Gasteiger partial charge in [0.05, 0.1) is 6.61 Å². The second-order valence-electron chi connectivity index (χ2n) is 1.78. The van der Waals surface area contributed by atoms with Crippen molar-refractivity contribution in [3.05, 3.63) is 0 Å². The summed E-state index contributed by atoms with van der Waals surface area (Å²) >= 11 is 0. The predicted molar refractivity (Wildman–Crippen MR) is 40.1 cm³/mol. The Balaban J connectivity index is 3.33. The second kappa shape index (κ2) is 5.76. The first-order valence-electron chi connectivity index (χ1n) is 3.37. The lowest BCUT2D eigenvalue weighted by Crippen LogP contribution is -2.06. The van der Waals surface area contributed by atoms with E-state index in [-0.39, 0.29) is 0 Å². The van der Waals surface area contributed by atoms with Crippen LogP contribution in [-0.4, -0.2) is 26.0 Å². The highest BCUT2D eigenvalue weighted by Gasteiger charge is 1.91. The molecule has 0 aromatic carbocycles. The molecule has 0 amide bonds. The monoisotopic (exact) mass is 129 g/mol. The molecule has 0 aromatic heterocycles. The van der Waals surface area contributed by atoms with E-state index >= 15 is 0 Å². The van der Waals surface area contributed by atoms with Crippen LogP contribution in [0.1, 0.15) is 20.3 Å². The summed E-state index contributed by atoms with van der Waals surface area (Å²) in [5, 5.41) is 0. The van der Waals surface area contributed by atoms with Crippen molar-refractivity contribution in [2.75, 3.05) is 20.3 Å². The average molecular weight is 129 g/mol. The Morgan fingerprint density at radius 3 is 2.44 bits per heavy atom. The minimum atomic E-state index is 0.698. The molecule has 0 aliphatic carbocycles. The Morgan fingerprint density at radius 2 is 2.11 bits per heavy atom. The first-order valence-corrected chi connectivity index (χ1v) is 3.37. The van der Waals surface area contributed by atoms with E-state index in [1.54, 1.807) is 7.05 Å². The lowest BCUT2D eigenvalue weighted by molar-refractivity contribution is 0.186. The zero-order valence-corrected chi connectivity index (χ0v) is 6.48. The largest absolute Gasteiger partial charge is 0.376 e. The summed E-state index contributed by atoms with van der Waals surface area (Å²) in [6, 6.07) is 0. The lowest BCUT2D eigenvalue weighted by atomic mass is 10.3. The third-order valence-corrected chi connectivity index (χ3v) is 1.20. The van der Waals surface area contributed by atoms with Gasteiger partial charge in [-0.3, -0.25) is 4.99 Å². The smallest absolute Gasteiger partial charge is 0.0843 e. The van der Waals surface area contributed by atoms with Crippen LogP contribution < -0.4 is 0 Å². The second-order valence-corrected chi connectivity index (χ2v) is 1.78. The number of nitrogens with zero attached hydrogens (tertiary/aromatic N) is 1. The normalized spacial score (nSPS) is 12.1. The summed E-state index contributed by atoms with van der Waals surface area (Å²) in [5.74, 6) is 0. The molecule has 0 radical (unpaired) electrons. The molecule has 0 unspecified atom stereocenters. The molecule has 0 fully saturated rings. The fraction of sp³-hybridized carbons (Fsp3) is 0.857. The molecule has 0 saturated carbocycles. The summed E-state index contributed by atoms with van der Waals surface area (Å²) in [6.07, 6.45) is 0.997. The number of aliphatic imine (C=N–C) groups is 1. The van der Waals surface area contributed by atoms with Gasteiger partial charge in [-0.15, -0.1) is 0 Å². The summed E-state index contributed by atoms with van der Waals surface area (Å²) in [4.78, 5) is 4.04. The highest BCUT2D eigenvalue weighted by atomic mass is 16.5. The van der Waals surface area contributed by atoms with Gasteiger partial charge in [-0.05, 0) is 13.3 Å². The van der Waals surface area contributed by atoms with Gasteiger partial charge in [0.2, 0.25) is 0 Å². The SMILES string of the molecule is CCOCC(CC)=NC. The molecule has 2 heteroatoms. The van der Waals surface area contributed by atoms with Gasteiger partial charge in [0.1, 0.15) is 0 Å². The van der Waals surface area contributed by atoms with Crippen LogP contribution in [0.4, 0.5) is 0 Å². The maximum atomic E-state index is 5.15. The molecule has 0 heterocycles. The van der Waals surface area contributed by atoms with Crippen molar-refractivity contribution in [3.8, 4) is 0 Å². The molecule has 0 aliphatic rings. The maximum Gasteiger partial charge on any atom is 0.0843 e. The van der Waals surface area contributed by atoms with Crippen LogP contribution in [0, 0.1) is 0 Å². The Labute approximate surface area is 56.9 Å². The van der Waals surface area contributed by atoms with Crippen molar-refractivity contribution in [2.24, 2.45) is 4.99 Å². The quantitative estimate of drug-likeness (QED) is 0.527. The Hall–Kier alpha value is -0.370. The number of rotatable bonds is 4. The van der Waals surface area contributed by atoms with E-state index in [0.29, 0.717) is 6.61 Å². The van der Waals surface area contributed by atoms with Crippen LogP contribution in [0.5, 0.6) is 0 Å². The van der Waals surface area contributed by atoms with Crippen LogP contribution in [0.25, 0.3) is 0 Å². The number of hydrogen-bond donors (Lipinski definition) is 0. The van der Waals surface area contributed by atoms with E-state index in [4.69, 9.17) is 4.74 Å². The minimum Gasteiger partial charge on any atom is -0.376 e. The van der Waals surface area contributed by atoms with Crippen LogP contribution >= 0.6 is 0 Å². The molecular weight excluding hydrogens is 114 g/mol. The molecule has 0 atom stereocenters. The van der Waals surface area contributed by atoms with E-state index in [9.17, 15) is 0 Å². The molecule has 0 rings (SSSR count). The molecule has 9 heavy (non-hydrogen) atoms.